The summed E-state index contributed by atoms with van der Waals surface area (Å²) in [5, 5.41) is 1.89. The van der Waals surface area contributed by atoms with Crippen molar-refractivity contribution < 1.29 is 36.1 Å². The first-order valence-electron chi connectivity index (χ1n) is 9.66. The molecule has 0 saturated heterocycles. The minimum absolute atomic E-state index is 0.699. The maximum Gasteiger partial charge on any atom is 0.673 e. The molecule has 1 N–H and O–H groups in total. The normalized spacial score (nSPS) is 11.7. The summed E-state index contributed by atoms with van der Waals surface area (Å²) >= 11 is 3.55. The molecule has 1 aromatic heterocycles. The maximum absolute atomic E-state index is 9.75. The molecule has 0 amide bonds. The van der Waals surface area contributed by atoms with Crippen molar-refractivity contribution in [1.29, 1.82) is 0 Å². The Kier molecular flexibility index (Phi) is 7.81. The van der Waals surface area contributed by atoms with Crippen LogP contribution in [0.25, 0.3) is 22.3 Å². The highest BCUT2D eigenvalue weighted by Gasteiger charge is 2.20. The predicted molar refractivity (Wildman–Crippen MR) is 123 cm³/mol. The number of nitrogens with one attached hydrogen (secondary N) is 1. The Labute approximate surface area is 195 Å². The number of benzene rings is 3. The number of rotatable bonds is 4. The van der Waals surface area contributed by atoms with Crippen LogP contribution in [0, 0.1) is 0 Å². The van der Waals surface area contributed by atoms with Crippen LogP contribution in [0.2, 0.25) is 0 Å². The Morgan fingerprint density at radius 1 is 0.848 bits per heavy atom. The number of methoxy groups -OCH3 is 2. The Morgan fingerprint density at radius 3 is 2.18 bits per heavy atom. The smallest absolute Gasteiger partial charge is 0.497 e. The fourth-order valence-corrected chi connectivity index (χ4v) is 3.41. The van der Waals surface area contributed by atoms with E-state index in [-0.39, 0.29) is 0 Å². The van der Waals surface area contributed by atoms with E-state index in [4.69, 9.17) is 13.9 Å². The predicted octanol–water partition coefficient (Wildman–Crippen LogP) is 5.49. The van der Waals surface area contributed by atoms with E-state index in [1.807, 2.05) is 72.8 Å². The molecule has 1 heterocycles. The summed E-state index contributed by atoms with van der Waals surface area (Å²) in [6, 6.07) is 23.7. The quantitative estimate of drug-likeness (QED) is 0.284. The van der Waals surface area contributed by atoms with Crippen LogP contribution in [0.15, 0.2) is 81.7 Å². The van der Waals surface area contributed by atoms with Gasteiger partial charge in [-0.3, -0.25) is 0 Å². The van der Waals surface area contributed by atoms with E-state index in [1.54, 1.807) is 14.2 Å². The van der Waals surface area contributed by atoms with Crippen LogP contribution in [-0.2, 0) is 0 Å². The van der Waals surface area contributed by atoms with Gasteiger partial charge in [-0.2, -0.15) is 0 Å². The van der Waals surface area contributed by atoms with Gasteiger partial charge in [0.25, 0.3) is 0 Å². The summed E-state index contributed by atoms with van der Waals surface area (Å²) in [6.07, 6.45) is 0. The minimum atomic E-state index is -6.00. The molecule has 0 aliphatic heterocycles. The SMILES string of the molecule is COc1ccc([NH+]=c2cc(-c3ccccc3)oc3ccc(Br)cc23)c(OC)c1.F[B-](F)(F)F. The molecule has 10 heteroatoms. The van der Waals surface area contributed by atoms with Crippen LogP contribution in [0.4, 0.5) is 23.0 Å². The first-order valence-corrected chi connectivity index (χ1v) is 10.5. The lowest BCUT2D eigenvalue weighted by Gasteiger charge is -2.05. The molecule has 33 heavy (non-hydrogen) atoms. The minimum Gasteiger partial charge on any atom is -0.497 e. The molecule has 0 radical (unpaired) electrons. The molecule has 4 rings (SSSR count). The van der Waals surface area contributed by atoms with Gasteiger partial charge in [0.2, 0.25) is 11.0 Å². The number of hydrogen-bond acceptors (Lipinski definition) is 3. The fraction of sp³-hybridized carbons (Fsp3) is 0.0870. The third-order valence-electron chi connectivity index (χ3n) is 4.46. The van der Waals surface area contributed by atoms with Gasteiger partial charge in [-0.25, -0.2) is 4.99 Å². The van der Waals surface area contributed by atoms with Crippen molar-refractivity contribution in [2.24, 2.45) is 0 Å². The molecule has 4 aromatic rings. The lowest BCUT2D eigenvalue weighted by molar-refractivity contribution is -0.401. The molecule has 0 aliphatic carbocycles. The highest BCUT2D eigenvalue weighted by atomic mass is 79.9. The Morgan fingerprint density at radius 2 is 1.55 bits per heavy atom. The standard InChI is InChI=1S/C23H18BrNO3.BF4/c1-26-17-9-10-19(23(13-17)27-2)25-20-14-22(15-6-4-3-5-7-15)28-21-11-8-16(24)12-18(20)21;2-1(3,4)5/h3-14H,1-2H3;/q;-1/p+1. The van der Waals surface area contributed by atoms with Crippen molar-refractivity contribution in [2.45, 2.75) is 0 Å². The Balaban J connectivity index is 0.000000555. The van der Waals surface area contributed by atoms with Gasteiger partial charge in [-0.05, 0) is 24.3 Å². The van der Waals surface area contributed by atoms with E-state index < -0.39 is 7.25 Å². The number of halogens is 5. The number of hydrogen-bond donors (Lipinski definition) is 1. The summed E-state index contributed by atoms with van der Waals surface area (Å²) in [5.74, 6) is 2.22. The molecule has 4 nitrogen and oxygen atoms in total. The second-order valence-corrected chi connectivity index (χ2v) is 7.63. The van der Waals surface area contributed by atoms with Crippen molar-refractivity contribution in [3.8, 4) is 22.8 Å². The molecule has 172 valence electrons. The topological polar surface area (TPSA) is 45.6 Å². The first kappa shape index (κ1) is 24.4. The van der Waals surface area contributed by atoms with Crippen LogP contribution in [0.5, 0.6) is 11.5 Å². The van der Waals surface area contributed by atoms with Gasteiger partial charge in [-0.15, -0.1) is 0 Å². The van der Waals surface area contributed by atoms with E-state index in [9.17, 15) is 17.3 Å². The van der Waals surface area contributed by atoms with Crippen LogP contribution in [-0.4, -0.2) is 21.5 Å². The van der Waals surface area contributed by atoms with Crippen molar-refractivity contribution in [2.75, 3.05) is 14.2 Å². The van der Waals surface area contributed by atoms with E-state index in [0.717, 1.165) is 43.6 Å². The van der Waals surface area contributed by atoms with Gasteiger partial charge in [-0.1, -0.05) is 46.3 Å². The molecule has 0 unspecified atom stereocenters. The lowest BCUT2D eigenvalue weighted by atomic mass is 10.1. The molecule has 0 aliphatic rings. The molecule has 0 spiro atoms. The number of fused-ring (bicyclic) bond motifs is 1. The highest BCUT2D eigenvalue weighted by Crippen LogP contribution is 2.26. The fourth-order valence-electron chi connectivity index (χ4n) is 3.05. The Bertz CT molecular complexity index is 1300. The molecular weight excluding hydrogens is 505 g/mol. The monoisotopic (exact) mass is 523 g/mol. The summed E-state index contributed by atoms with van der Waals surface area (Å²) < 4.78 is 57.0. The first-order chi connectivity index (χ1) is 15.7. The van der Waals surface area contributed by atoms with Crippen LogP contribution in [0.3, 0.4) is 0 Å². The van der Waals surface area contributed by atoms with Crippen molar-refractivity contribution in [3.05, 3.63) is 82.6 Å². The zero-order valence-corrected chi connectivity index (χ0v) is 19.2. The molecular formula is C23H19BBrF4NO3. The maximum atomic E-state index is 9.75. The molecule has 0 atom stereocenters. The molecule has 3 aromatic carbocycles. The van der Waals surface area contributed by atoms with Gasteiger partial charge < -0.3 is 31.2 Å². The Hall–Kier alpha value is -3.27. The summed E-state index contributed by atoms with van der Waals surface area (Å²) in [7, 11) is -2.72. The van der Waals surface area contributed by atoms with Gasteiger partial charge in [0.1, 0.15) is 17.1 Å². The number of ether oxygens (including phenoxy) is 2. The largest absolute Gasteiger partial charge is 0.673 e. The second-order valence-electron chi connectivity index (χ2n) is 6.72. The third-order valence-corrected chi connectivity index (χ3v) is 4.96. The average Bonchev–Trinajstić information content (AvgIpc) is 2.79. The zero-order chi connectivity index (χ0) is 24.0. The van der Waals surface area contributed by atoms with E-state index >= 15 is 0 Å². The molecule has 0 saturated carbocycles. The van der Waals surface area contributed by atoms with Gasteiger partial charge in [0.05, 0.1) is 25.7 Å². The van der Waals surface area contributed by atoms with Gasteiger partial charge in [0, 0.05) is 22.2 Å². The zero-order valence-electron chi connectivity index (χ0n) is 17.6. The van der Waals surface area contributed by atoms with Crippen molar-refractivity contribution in [3.63, 3.8) is 0 Å². The average molecular weight is 524 g/mol. The summed E-state index contributed by atoms with van der Waals surface area (Å²) in [5.41, 5.74) is 2.64. The second kappa shape index (κ2) is 10.6. The van der Waals surface area contributed by atoms with Gasteiger partial charge in [0.15, 0.2) is 5.75 Å². The van der Waals surface area contributed by atoms with Gasteiger partial charge >= 0.3 is 7.25 Å². The van der Waals surface area contributed by atoms with E-state index in [2.05, 4.69) is 20.9 Å². The molecule has 0 fully saturated rings. The van der Waals surface area contributed by atoms with Crippen molar-refractivity contribution in [1.82, 2.24) is 0 Å². The summed E-state index contributed by atoms with van der Waals surface area (Å²) in [6.45, 7) is 0. The third kappa shape index (κ3) is 6.86. The van der Waals surface area contributed by atoms with Crippen LogP contribution < -0.4 is 19.8 Å². The van der Waals surface area contributed by atoms with E-state index in [0.29, 0.717) is 5.75 Å². The highest BCUT2D eigenvalue weighted by molar-refractivity contribution is 9.10. The summed E-state index contributed by atoms with van der Waals surface area (Å²) in [4.78, 5) is 3.49. The molecule has 0 bridgehead atoms. The van der Waals surface area contributed by atoms with Crippen LogP contribution in [0.1, 0.15) is 0 Å². The van der Waals surface area contributed by atoms with E-state index in [1.165, 1.54) is 0 Å². The van der Waals surface area contributed by atoms with Crippen molar-refractivity contribution >= 4 is 39.8 Å². The lowest BCUT2D eigenvalue weighted by Crippen LogP contribution is -2.70. The van der Waals surface area contributed by atoms with Crippen LogP contribution >= 0.6 is 15.9 Å².